The number of halogens is 2. The van der Waals surface area contributed by atoms with Gasteiger partial charge in [-0.05, 0) is 64.9 Å². The van der Waals surface area contributed by atoms with Crippen molar-refractivity contribution >= 4 is 46.0 Å². The summed E-state index contributed by atoms with van der Waals surface area (Å²) in [5, 5.41) is 24.0. The van der Waals surface area contributed by atoms with E-state index in [1.807, 2.05) is 30.3 Å². The lowest BCUT2D eigenvalue weighted by molar-refractivity contribution is -0.143. The third-order valence-electron chi connectivity index (χ3n) is 6.54. The van der Waals surface area contributed by atoms with E-state index in [1.54, 1.807) is 29.2 Å². The molecule has 0 bridgehead atoms. The van der Waals surface area contributed by atoms with Crippen molar-refractivity contribution in [1.82, 2.24) is 10.2 Å². The third kappa shape index (κ3) is 7.02. The van der Waals surface area contributed by atoms with Crippen LogP contribution in [-0.4, -0.2) is 71.5 Å². The number of hydrogen-bond donors (Lipinski definition) is 3. The van der Waals surface area contributed by atoms with E-state index in [1.165, 1.54) is 0 Å². The summed E-state index contributed by atoms with van der Waals surface area (Å²) < 4.78 is 12.5. The van der Waals surface area contributed by atoms with Crippen molar-refractivity contribution in [2.75, 3.05) is 26.4 Å². The molecule has 2 aromatic rings. The minimum atomic E-state index is -1.09. The molecule has 1 heterocycles. The standard InChI is InChI=1S/C27H30ClIN2O6/c28-20-7-5-17(6-8-20)15-31(27(35)18-9-12-36-16-18)22-13-19(26(34)30-10-11-32)14-24(25(22)33)37-23-4-2-1-3-21(23)29/h1-8,14,18,22,24-25,32-33H,9-13,15-16H2,(H,30,34)/t18?,22-,24+,25+/m1/s1. The van der Waals surface area contributed by atoms with Crippen molar-refractivity contribution in [1.29, 1.82) is 0 Å². The van der Waals surface area contributed by atoms with Gasteiger partial charge in [0.1, 0.15) is 18.0 Å². The summed E-state index contributed by atoms with van der Waals surface area (Å²) in [7, 11) is 0. The van der Waals surface area contributed by atoms with Gasteiger partial charge in [0.05, 0.1) is 28.7 Å². The summed E-state index contributed by atoms with van der Waals surface area (Å²) in [5.74, 6) is -0.266. The van der Waals surface area contributed by atoms with Crippen LogP contribution in [0.25, 0.3) is 0 Å². The van der Waals surface area contributed by atoms with Gasteiger partial charge in [0.2, 0.25) is 11.8 Å². The second-order valence-corrected chi connectivity index (χ2v) is 10.7. The topological polar surface area (TPSA) is 108 Å². The zero-order valence-electron chi connectivity index (χ0n) is 20.2. The predicted octanol–water partition coefficient (Wildman–Crippen LogP) is 2.93. The molecule has 1 saturated heterocycles. The Morgan fingerprint density at radius 1 is 1.19 bits per heavy atom. The molecule has 4 rings (SSSR count). The fourth-order valence-corrected chi connectivity index (χ4v) is 5.22. The van der Waals surface area contributed by atoms with E-state index in [2.05, 4.69) is 27.9 Å². The Labute approximate surface area is 234 Å². The predicted molar refractivity (Wildman–Crippen MR) is 147 cm³/mol. The molecule has 37 heavy (non-hydrogen) atoms. The number of hydrogen-bond acceptors (Lipinski definition) is 6. The number of nitrogens with one attached hydrogen (secondary N) is 1. The Bertz CT molecular complexity index is 1120. The van der Waals surface area contributed by atoms with Gasteiger partial charge in [-0.3, -0.25) is 9.59 Å². The summed E-state index contributed by atoms with van der Waals surface area (Å²) >= 11 is 8.22. The zero-order chi connectivity index (χ0) is 26.4. The maximum atomic E-state index is 13.7. The number of carbonyl (C=O) groups excluding carboxylic acids is 2. The van der Waals surface area contributed by atoms with Crippen LogP contribution in [0.4, 0.5) is 0 Å². The van der Waals surface area contributed by atoms with E-state index in [-0.39, 0.29) is 43.8 Å². The molecule has 0 spiro atoms. The quantitative estimate of drug-likeness (QED) is 0.364. The Morgan fingerprint density at radius 2 is 1.95 bits per heavy atom. The van der Waals surface area contributed by atoms with Gasteiger partial charge in [0.15, 0.2) is 0 Å². The number of aliphatic hydroxyl groups is 2. The lowest BCUT2D eigenvalue weighted by Crippen LogP contribution is -2.56. The van der Waals surface area contributed by atoms with E-state index in [9.17, 15) is 19.8 Å². The van der Waals surface area contributed by atoms with Crippen LogP contribution in [0.15, 0.2) is 60.2 Å². The first-order chi connectivity index (χ1) is 17.9. The molecular formula is C27H30ClIN2O6. The molecule has 0 radical (unpaired) electrons. The summed E-state index contributed by atoms with van der Waals surface area (Å²) in [5.41, 5.74) is 1.23. The summed E-state index contributed by atoms with van der Waals surface area (Å²) in [6, 6.07) is 13.9. The first-order valence-electron chi connectivity index (χ1n) is 12.2. The highest BCUT2D eigenvalue weighted by atomic mass is 127. The molecule has 1 fully saturated rings. The maximum Gasteiger partial charge on any atom is 0.247 e. The largest absolute Gasteiger partial charge is 0.482 e. The first kappa shape index (κ1) is 27.8. The van der Waals surface area contributed by atoms with Crippen LogP contribution >= 0.6 is 34.2 Å². The van der Waals surface area contributed by atoms with Crippen molar-refractivity contribution in [3.05, 3.63) is 74.3 Å². The average molecular weight is 641 g/mol. The van der Waals surface area contributed by atoms with E-state index < -0.39 is 18.2 Å². The molecule has 2 aliphatic rings. The Hall–Kier alpha value is -2.18. The lowest BCUT2D eigenvalue weighted by atomic mass is 9.87. The zero-order valence-corrected chi connectivity index (χ0v) is 23.1. The number of amides is 2. The van der Waals surface area contributed by atoms with Gasteiger partial charge in [-0.1, -0.05) is 35.9 Å². The molecule has 1 aliphatic carbocycles. The van der Waals surface area contributed by atoms with Crippen LogP contribution in [0, 0.1) is 9.49 Å². The normalized spacial score (nSPS) is 23.3. The summed E-state index contributed by atoms with van der Waals surface area (Å²) in [6.45, 7) is 0.954. The monoisotopic (exact) mass is 640 g/mol. The number of carbonyl (C=O) groups is 2. The van der Waals surface area contributed by atoms with Crippen LogP contribution < -0.4 is 10.1 Å². The van der Waals surface area contributed by atoms with Crippen molar-refractivity contribution in [2.24, 2.45) is 5.92 Å². The molecule has 10 heteroatoms. The Kier molecular flexibility index (Phi) is 9.83. The number of benzene rings is 2. The fourth-order valence-electron chi connectivity index (χ4n) is 4.58. The van der Waals surface area contributed by atoms with Crippen molar-refractivity contribution in [3.63, 3.8) is 0 Å². The van der Waals surface area contributed by atoms with Crippen molar-refractivity contribution in [3.8, 4) is 5.75 Å². The van der Waals surface area contributed by atoms with Crippen LogP contribution in [0.2, 0.25) is 5.02 Å². The fraction of sp³-hybridized carbons (Fsp3) is 0.407. The molecule has 0 aromatic heterocycles. The highest BCUT2D eigenvalue weighted by molar-refractivity contribution is 14.1. The molecule has 2 amide bonds. The van der Waals surface area contributed by atoms with Gasteiger partial charge >= 0.3 is 0 Å². The van der Waals surface area contributed by atoms with E-state index >= 15 is 0 Å². The third-order valence-corrected chi connectivity index (χ3v) is 7.69. The number of ether oxygens (including phenoxy) is 2. The van der Waals surface area contributed by atoms with Gasteiger partial charge < -0.3 is 29.9 Å². The molecule has 3 N–H and O–H groups in total. The van der Waals surface area contributed by atoms with Crippen LogP contribution in [-0.2, 0) is 20.9 Å². The second kappa shape index (κ2) is 13.1. The van der Waals surface area contributed by atoms with Crippen molar-refractivity contribution < 1.29 is 29.3 Å². The summed E-state index contributed by atoms with van der Waals surface area (Å²) in [6.07, 6.45) is 0.381. The summed E-state index contributed by atoms with van der Waals surface area (Å²) in [4.78, 5) is 28.3. The highest BCUT2D eigenvalue weighted by Gasteiger charge is 2.42. The van der Waals surface area contributed by atoms with Crippen LogP contribution in [0.5, 0.6) is 5.75 Å². The Balaban J connectivity index is 1.68. The molecule has 8 nitrogen and oxygen atoms in total. The van der Waals surface area contributed by atoms with Crippen LogP contribution in [0.1, 0.15) is 18.4 Å². The van der Waals surface area contributed by atoms with Crippen molar-refractivity contribution in [2.45, 2.75) is 37.6 Å². The molecule has 2 aromatic carbocycles. The van der Waals surface area contributed by atoms with Crippen LogP contribution in [0.3, 0.4) is 0 Å². The highest BCUT2D eigenvalue weighted by Crippen LogP contribution is 2.32. The molecule has 1 aliphatic heterocycles. The van der Waals surface area contributed by atoms with Gasteiger partial charge in [0, 0.05) is 36.7 Å². The minimum absolute atomic E-state index is 0.0956. The number of nitrogens with zero attached hydrogens (tertiary/aromatic N) is 1. The number of rotatable bonds is 9. The number of aliphatic hydroxyl groups excluding tert-OH is 2. The van der Waals surface area contributed by atoms with Gasteiger partial charge in [-0.2, -0.15) is 0 Å². The second-order valence-electron chi connectivity index (χ2n) is 9.10. The Morgan fingerprint density at radius 3 is 2.62 bits per heavy atom. The smallest absolute Gasteiger partial charge is 0.247 e. The molecule has 4 atom stereocenters. The minimum Gasteiger partial charge on any atom is -0.482 e. The van der Waals surface area contributed by atoms with E-state index in [0.29, 0.717) is 36.0 Å². The molecular weight excluding hydrogens is 611 g/mol. The SMILES string of the molecule is O=C(NCCO)C1=C[C@H](Oc2ccccc2I)[C@@H](O)[C@H](N(Cc2ccc(Cl)cc2)C(=O)C2CCOC2)C1. The molecule has 0 saturated carbocycles. The first-order valence-corrected chi connectivity index (χ1v) is 13.6. The van der Waals surface area contributed by atoms with E-state index in [0.717, 1.165) is 9.13 Å². The average Bonchev–Trinajstić information content (AvgIpc) is 3.44. The lowest BCUT2D eigenvalue weighted by Gasteiger charge is -2.41. The number of para-hydroxylation sites is 1. The van der Waals surface area contributed by atoms with Gasteiger partial charge in [-0.15, -0.1) is 0 Å². The van der Waals surface area contributed by atoms with Gasteiger partial charge in [-0.25, -0.2) is 0 Å². The van der Waals surface area contributed by atoms with Gasteiger partial charge in [0.25, 0.3) is 0 Å². The molecule has 1 unspecified atom stereocenters. The maximum absolute atomic E-state index is 13.7. The molecule has 198 valence electrons. The van der Waals surface area contributed by atoms with E-state index in [4.69, 9.17) is 21.1 Å².